The summed E-state index contributed by atoms with van der Waals surface area (Å²) in [5, 5.41) is 0. The maximum absolute atomic E-state index is 5.42. The Kier molecular flexibility index (Phi) is 3.62. The van der Waals surface area contributed by atoms with Crippen LogP contribution >= 0.6 is 12.2 Å². The molecule has 0 spiro atoms. The van der Waals surface area contributed by atoms with Crippen LogP contribution in [-0.4, -0.2) is 24.2 Å². The number of ether oxygens (including phenoxy) is 2. The van der Waals surface area contributed by atoms with E-state index in [1.807, 2.05) is 25.1 Å². The number of para-hydroxylation sites is 1. The summed E-state index contributed by atoms with van der Waals surface area (Å²) in [6, 6.07) is 5.72. The second kappa shape index (κ2) is 5.18. The summed E-state index contributed by atoms with van der Waals surface area (Å²) >= 11 is 5.18. The highest BCUT2D eigenvalue weighted by atomic mass is 32.1. The van der Waals surface area contributed by atoms with Crippen molar-refractivity contribution in [3.63, 3.8) is 0 Å². The minimum Gasteiger partial charge on any atom is -0.493 e. The van der Waals surface area contributed by atoms with Gasteiger partial charge in [-0.25, -0.2) is 4.98 Å². The fourth-order valence-electron chi connectivity index (χ4n) is 1.83. The van der Waals surface area contributed by atoms with E-state index >= 15 is 0 Å². The van der Waals surface area contributed by atoms with Gasteiger partial charge in [-0.2, -0.15) is 0 Å². The van der Waals surface area contributed by atoms with Gasteiger partial charge >= 0.3 is 0 Å². The molecule has 0 aliphatic rings. The van der Waals surface area contributed by atoms with Gasteiger partial charge in [0.25, 0.3) is 0 Å². The molecule has 4 nitrogen and oxygen atoms in total. The van der Waals surface area contributed by atoms with E-state index in [4.69, 9.17) is 21.7 Å². The maximum Gasteiger partial charge on any atom is 0.170 e. The summed E-state index contributed by atoms with van der Waals surface area (Å²) in [6.45, 7) is 1.93. The van der Waals surface area contributed by atoms with Crippen molar-refractivity contribution in [2.24, 2.45) is 0 Å². The van der Waals surface area contributed by atoms with Crippen molar-refractivity contribution in [1.29, 1.82) is 0 Å². The first-order valence-electron chi connectivity index (χ1n) is 5.44. The van der Waals surface area contributed by atoms with Crippen LogP contribution in [0.15, 0.2) is 24.5 Å². The zero-order valence-corrected chi connectivity index (χ0v) is 11.3. The van der Waals surface area contributed by atoms with Crippen molar-refractivity contribution < 1.29 is 9.47 Å². The zero-order valence-electron chi connectivity index (χ0n) is 10.5. The van der Waals surface area contributed by atoms with Gasteiger partial charge in [-0.15, -0.1) is 0 Å². The van der Waals surface area contributed by atoms with Gasteiger partial charge in [-0.1, -0.05) is 18.3 Å². The molecule has 94 valence electrons. The van der Waals surface area contributed by atoms with Gasteiger partial charge in [0, 0.05) is 11.1 Å². The minimum atomic E-state index is 0.577. The van der Waals surface area contributed by atoms with E-state index in [-0.39, 0.29) is 0 Å². The molecule has 5 heteroatoms. The highest BCUT2D eigenvalue weighted by molar-refractivity contribution is 7.71. The molecule has 0 fully saturated rings. The van der Waals surface area contributed by atoms with Crippen LogP contribution < -0.4 is 9.47 Å². The number of nitrogens with one attached hydrogen (secondary N) is 1. The highest BCUT2D eigenvalue weighted by Gasteiger charge is 2.13. The molecule has 0 aliphatic carbocycles. The Balaban J connectivity index is 2.71. The second-order valence-electron chi connectivity index (χ2n) is 3.75. The molecule has 1 N–H and O–H groups in total. The van der Waals surface area contributed by atoms with Crippen molar-refractivity contribution in [2.75, 3.05) is 14.2 Å². The standard InChI is InChI=1S/C13H14N2O2S/c1-8-11(14-7-15-13(8)18)9-5-4-6-10(16-2)12(9)17-3/h4-7H,1-3H3,(H,14,15,18). The highest BCUT2D eigenvalue weighted by Crippen LogP contribution is 2.37. The van der Waals surface area contributed by atoms with Crippen molar-refractivity contribution in [3.05, 3.63) is 34.7 Å². The lowest BCUT2D eigenvalue weighted by molar-refractivity contribution is 0.356. The zero-order chi connectivity index (χ0) is 13.1. The Morgan fingerprint density at radius 3 is 2.67 bits per heavy atom. The Morgan fingerprint density at radius 2 is 2.00 bits per heavy atom. The van der Waals surface area contributed by atoms with Crippen molar-refractivity contribution in [1.82, 2.24) is 9.97 Å². The summed E-state index contributed by atoms with van der Waals surface area (Å²) in [7, 11) is 3.23. The quantitative estimate of drug-likeness (QED) is 0.863. The van der Waals surface area contributed by atoms with E-state index in [0.717, 1.165) is 16.8 Å². The summed E-state index contributed by atoms with van der Waals surface area (Å²) < 4.78 is 11.3. The number of aromatic amines is 1. The number of H-pyrrole nitrogens is 1. The molecule has 0 radical (unpaired) electrons. The average Bonchev–Trinajstić information content (AvgIpc) is 2.41. The van der Waals surface area contributed by atoms with E-state index in [1.165, 1.54) is 0 Å². The van der Waals surface area contributed by atoms with Crippen LogP contribution in [0.5, 0.6) is 11.5 Å². The van der Waals surface area contributed by atoms with Gasteiger partial charge in [0.2, 0.25) is 0 Å². The summed E-state index contributed by atoms with van der Waals surface area (Å²) in [5.74, 6) is 1.37. The molecular formula is C13H14N2O2S. The molecule has 1 aromatic carbocycles. The number of hydrogen-bond donors (Lipinski definition) is 1. The van der Waals surface area contributed by atoms with Gasteiger partial charge < -0.3 is 14.5 Å². The largest absolute Gasteiger partial charge is 0.493 e. The maximum atomic E-state index is 5.42. The third-order valence-corrected chi connectivity index (χ3v) is 3.17. The monoisotopic (exact) mass is 262 g/mol. The summed E-state index contributed by atoms with van der Waals surface area (Å²) in [4.78, 5) is 7.16. The average molecular weight is 262 g/mol. The van der Waals surface area contributed by atoms with Crippen LogP contribution in [0.3, 0.4) is 0 Å². The molecule has 1 aromatic heterocycles. The SMILES string of the molecule is COc1cccc(-c2[nH]cnc(=S)c2C)c1OC. The van der Waals surface area contributed by atoms with E-state index in [0.29, 0.717) is 16.1 Å². The van der Waals surface area contributed by atoms with Gasteiger partial charge in [0.15, 0.2) is 11.5 Å². The number of methoxy groups -OCH3 is 2. The topological polar surface area (TPSA) is 47.1 Å². The molecule has 0 unspecified atom stereocenters. The Labute approximate surface area is 111 Å². The number of hydrogen-bond acceptors (Lipinski definition) is 4. The first-order chi connectivity index (χ1) is 8.69. The molecule has 0 aliphatic heterocycles. The number of nitrogens with zero attached hydrogens (tertiary/aromatic N) is 1. The Hall–Kier alpha value is -1.88. The first kappa shape index (κ1) is 12.6. The molecule has 2 rings (SSSR count). The van der Waals surface area contributed by atoms with Crippen molar-refractivity contribution in [2.45, 2.75) is 6.92 Å². The smallest absolute Gasteiger partial charge is 0.170 e. The van der Waals surface area contributed by atoms with E-state index in [1.54, 1.807) is 20.5 Å². The fourth-order valence-corrected chi connectivity index (χ4v) is 1.99. The number of rotatable bonds is 3. The molecule has 0 atom stereocenters. The van der Waals surface area contributed by atoms with Crippen LogP contribution in [0.4, 0.5) is 0 Å². The third kappa shape index (κ3) is 2.09. The van der Waals surface area contributed by atoms with Crippen LogP contribution in [0, 0.1) is 11.6 Å². The van der Waals surface area contributed by atoms with E-state index < -0.39 is 0 Å². The Bertz CT molecular complexity index is 623. The fraction of sp³-hybridized carbons (Fsp3) is 0.231. The first-order valence-corrected chi connectivity index (χ1v) is 5.85. The third-order valence-electron chi connectivity index (χ3n) is 2.76. The van der Waals surface area contributed by atoms with Gasteiger partial charge in [0.1, 0.15) is 4.64 Å². The molecule has 0 saturated heterocycles. The van der Waals surface area contributed by atoms with Crippen molar-refractivity contribution in [3.8, 4) is 22.8 Å². The van der Waals surface area contributed by atoms with Crippen LogP contribution in [0.25, 0.3) is 11.3 Å². The molecule has 2 aromatic rings. The minimum absolute atomic E-state index is 0.577. The van der Waals surface area contributed by atoms with Crippen molar-refractivity contribution >= 4 is 12.2 Å². The lowest BCUT2D eigenvalue weighted by atomic mass is 10.1. The second-order valence-corrected chi connectivity index (χ2v) is 4.14. The summed E-state index contributed by atoms with van der Waals surface area (Å²) in [6.07, 6.45) is 1.59. The van der Waals surface area contributed by atoms with Gasteiger partial charge in [-0.05, 0) is 19.1 Å². The van der Waals surface area contributed by atoms with E-state index in [9.17, 15) is 0 Å². The predicted molar refractivity (Wildman–Crippen MR) is 72.7 cm³/mol. The molecule has 0 saturated carbocycles. The molecule has 1 heterocycles. The lowest BCUT2D eigenvalue weighted by Gasteiger charge is -2.13. The normalized spacial score (nSPS) is 10.2. The molecule has 18 heavy (non-hydrogen) atoms. The van der Waals surface area contributed by atoms with Crippen LogP contribution in [0.1, 0.15) is 5.56 Å². The van der Waals surface area contributed by atoms with Gasteiger partial charge in [0.05, 0.1) is 26.2 Å². The van der Waals surface area contributed by atoms with E-state index in [2.05, 4.69) is 9.97 Å². The number of benzene rings is 1. The molecular weight excluding hydrogens is 248 g/mol. The van der Waals surface area contributed by atoms with Crippen LogP contribution in [-0.2, 0) is 0 Å². The molecule has 0 bridgehead atoms. The number of aromatic nitrogens is 2. The Morgan fingerprint density at radius 1 is 1.22 bits per heavy atom. The lowest BCUT2D eigenvalue weighted by Crippen LogP contribution is -1.97. The molecule has 0 amide bonds. The summed E-state index contributed by atoms with van der Waals surface area (Å²) in [5.41, 5.74) is 2.72. The van der Waals surface area contributed by atoms with Gasteiger partial charge in [-0.3, -0.25) is 0 Å². The van der Waals surface area contributed by atoms with Crippen LogP contribution in [0.2, 0.25) is 0 Å². The predicted octanol–water partition coefficient (Wildman–Crippen LogP) is 3.13.